The first kappa shape index (κ1) is 15.3. The van der Waals surface area contributed by atoms with Crippen molar-refractivity contribution in [2.45, 2.75) is 13.3 Å². The van der Waals surface area contributed by atoms with E-state index in [2.05, 4.69) is 23.6 Å². The molecule has 2 aromatic carbocycles. The standard InChI is InChI=1S/C19H18N2OS/c1-14-5-2-3-7-18(14)20-15-8-10-16(11-9-15)21-19(22)13-17-6-4-12-23-17/h2-12,20H,13H2,1H3,(H,21,22). The summed E-state index contributed by atoms with van der Waals surface area (Å²) >= 11 is 1.60. The Kier molecular flexibility index (Phi) is 4.74. The number of carbonyl (C=O) groups excluding carboxylic acids is 1. The van der Waals surface area contributed by atoms with Crippen LogP contribution < -0.4 is 10.6 Å². The van der Waals surface area contributed by atoms with Crippen molar-refractivity contribution in [3.63, 3.8) is 0 Å². The predicted molar refractivity (Wildman–Crippen MR) is 97.6 cm³/mol. The monoisotopic (exact) mass is 322 g/mol. The van der Waals surface area contributed by atoms with Gasteiger partial charge in [-0.05, 0) is 54.3 Å². The molecule has 0 bridgehead atoms. The molecule has 2 N–H and O–H groups in total. The number of anilines is 3. The van der Waals surface area contributed by atoms with E-state index >= 15 is 0 Å². The molecule has 0 fully saturated rings. The normalized spacial score (nSPS) is 10.3. The number of hydrogen-bond acceptors (Lipinski definition) is 3. The lowest BCUT2D eigenvalue weighted by Crippen LogP contribution is -2.13. The third-order valence-electron chi connectivity index (χ3n) is 3.51. The largest absolute Gasteiger partial charge is 0.355 e. The Hall–Kier alpha value is -2.59. The van der Waals surface area contributed by atoms with Crippen LogP contribution in [-0.2, 0) is 11.2 Å². The number of amides is 1. The zero-order valence-electron chi connectivity index (χ0n) is 12.9. The first-order valence-electron chi connectivity index (χ1n) is 7.46. The van der Waals surface area contributed by atoms with Gasteiger partial charge in [0.1, 0.15) is 0 Å². The maximum atomic E-state index is 12.0. The predicted octanol–water partition coefficient (Wildman–Crippen LogP) is 4.98. The molecule has 0 aliphatic heterocycles. The van der Waals surface area contributed by atoms with Gasteiger partial charge in [-0.1, -0.05) is 24.3 Å². The van der Waals surface area contributed by atoms with Crippen LogP contribution in [0, 0.1) is 6.92 Å². The van der Waals surface area contributed by atoms with E-state index in [0.29, 0.717) is 6.42 Å². The summed E-state index contributed by atoms with van der Waals surface area (Å²) in [5.41, 5.74) is 4.08. The van der Waals surface area contributed by atoms with E-state index in [-0.39, 0.29) is 5.91 Å². The second kappa shape index (κ2) is 7.11. The van der Waals surface area contributed by atoms with Gasteiger partial charge in [0, 0.05) is 21.9 Å². The third kappa shape index (κ3) is 4.20. The van der Waals surface area contributed by atoms with Gasteiger partial charge in [0.15, 0.2) is 0 Å². The highest BCUT2D eigenvalue weighted by Crippen LogP contribution is 2.21. The summed E-state index contributed by atoms with van der Waals surface area (Å²) in [5, 5.41) is 8.28. The maximum absolute atomic E-state index is 12.0. The van der Waals surface area contributed by atoms with Crippen LogP contribution in [0.25, 0.3) is 0 Å². The molecule has 116 valence electrons. The van der Waals surface area contributed by atoms with Crippen molar-refractivity contribution in [3.8, 4) is 0 Å². The van der Waals surface area contributed by atoms with Gasteiger partial charge in [-0.25, -0.2) is 0 Å². The molecule has 4 heteroatoms. The number of rotatable bonds is 5. The maximum Gasteiger partial charge on any atom is 0.229 e. The molecule has 0 unspecified atom stereocenters. The molecule has 3 nitrogen and oxygen atoms in total. The number of benzene rings is 2. The van der Waals surface area contributed by atoms with Gasteiger partial charge >= 0.3 is 0 Å². The van der Waals surface area contributed by atoms with Gasteiger partial charge in [0.25, 0.3) is 0 Å². The fourth-order valence-corrected chi connectivity index (χ4v) is 2.99. The Labute approximate surface area is 140 Å². The molecule has 0 spiro atoms. The quantitative estimate of drug-likeness (QED) is 0.695. The van der Waals surface area contributed by atoms with Gasteiger partial charge in [-0.3, -0.25) is 4.79 Å². The summed E-state index contributed by atoms with van der Waals surface area (Å²) in [5.74, 6) is 0.00654. The summed E-state index contributed by atoms with van der Waals surface area (Å²) in [6, 6.07) is 19.8. The molecular weight excluding hydrogens is 304 g/mol. The second-order valence-corrected chi connectivity index (χ2v) is 6.35. The molecule has 1 heterocycles. The average molecular weight is 322 g/mol. The molecule has 0 saturated carbocycles. The Morgan fingerprint density at radius 1 is 0.957 bits per heavy atom. The minimum atomic E-state index is 0.00654. The van der Waals surface area contributed by atoms with E-state index in [4.69, 9.17) is 0 Å². The van der Waals surface area contributed by atoms with Crippen LogP contribution >= 0.6 is 11.3 Å². The van der Waals surface area contributed by atoms with Crippen LogP contribution in [0.3, 0.4) is 0 Å². The van der Waals surface area contributed by atoms with Gasteiger partial charge in [0.05, 0.1) is 6.42 Å². The molecule has 0 aliphatic carbocycles. The van der Waals surface area contributed by atoms with Crippen molar-refractivity contribution in [2.75, 3.05) is 10.6 Å². The SMILES string of the molecule is Cc1ccccc1Nc1ccc(NC(=O)Cc2cccs2)cc1. The van der Waals surface area contributed by atoms with E-state index < -0.39 is 0 Å². The lowest BCUT2D eigenvalue weighted by atomic mass is 10.2. The zero-order chi connectivity index (χ0) is 16.1. The molecule has 0 radical (unpaired) electrons. The van der Waals surface area contributed by atoms with E-state index in [0.717, 1.165) is 21.9 Å². The van der Waals surface area contributed by atoms with E-state index in [1.54, 1.807) is 11.3 Å². The van der Waals surface area contributed by atoms with E-state index in [9.17, 15) is 4.79 Å². The Morgan fingerprint density at radius 2 is 1.70 bits per heavy atom. The van der Waals surface area contributed by atoms with Crippen LogP contribution in [-0.4, -0.2) is 5.91 Å². The molecule has 3 aromatic rings. The van der Waals surface area contributed by atoms with Gasteiger partial charge < -0.3 is 10.6 Å². The molecular formula is C19H18N2OS. The van der Waals surface area contributed by atoms with Crippen LogP contribution in [0.5, 0.6) is 0 Å². The molecule has 0 aliphatic rings. The highest BCUT2D eigenvalue weighted by molar-refractivity contribution is 7.10. The van der Waals surface area contributed by atoms with Crippen molar-refractivity contribution in [1.82, 2.24) is 0 Å². The van der Waals surface area contributed by atoms with Crippen molar-refractivity contribution < 1.29 is 4.79 Å². The van der Waals surface area contributed by atoms with E-state index in [1.165, 1.54) is 5.56 Å². The van der Waals surface area contributed by atoms with Crippen LogP contribution in [0.1, 0.15) is 10.4 Å². The number of thiophene rings is 1. The summed E-state index contributed by atoms with van der Waals surface area (Å²) in [4.78, 5) is 13.1. The van der Waals surface area contributed by atoms with E-state index in [1.807, 2.05) is 60.0 Å². The summed E-state index contributed by atoms with van der Waals surface area (Å²) < 4.78 is 0. The molecule has 0 atom stereocenters. The van der Waals surface area contributed by atoms with Crippen molar-refractivity contribution in [3.05, 3.63) is 76.5 Å². The minimum absolute atomic E-state index is 0.00654. The minimum Gasteiger partial charge on any atom is -0.355 e. The Balaban J connectivity index is 1.61. The highest BCUT2D eigenvalue weighted by atomic mass is 32.1. The smallest absolute Gasteiger partial charge is 0.229 e. The highest BCUT2D eigenvalue weighted by Gasteiger charge is 2.05. The third-order valence-corrected chi connectivity index (χ3v) is 4.38. The summed E-state index contributed by atoms with van der Waals surface area (Å²) in [6.07, 6.45) is 0.418. The molecule has 3 rings (SSSR count). The molecule has 0 saturated heterocycles. The molecule has 23 heavy (non-hydrogen) atoms. The number of carbonyl (C=O) groups is 1. The van der Waals surface area contributed by atoms with Crippen LogP contribution in [0.2, 0.25) is 0 Å². The van der Waals surface area contributed by atoms with Crippen molar-refractivity contribution in [2.24, 2.45) is 0 Å². The van der Waals surface area contributed by atoms with Crippen molar-refractivity contribution >= 4 is 34.3 Å². The van der Waals surface area contributed by atoms with Crippen LogP contribution in [0.4, 0.5) is 17.1 Å². The Morgan fingerprint density at radius 3 is 2.39 bits per heavy atom. The fraction of sp³-hybridized carbons (Fsp3) is 0.105. The molecule has 1 amide bonds. The topological polar surface area (TPSA) is 41.1 Å². The van der Waals surface area contributed by atoms with Gasteiger partial charge in [-0.2, -0.15) is 0 Å². The number of aryl methyl sites for hydroxylation is 1. The van der Waals surface area contributed by atoms with Crippen LogP contribution in [0.15, 0.2) is 66.0 Å². The summed E-state index contributed by atoms with van der Waals surface area (Å²) in [7, 11) is 0. The summed E-state index contributed by atoms with van der Waals surface area (Å²) in [6.45, 7) is 2.07. The first-order valence-corrected chi connectivity index (χ1v) is 8.33. The molecule has 1 aromatic heterocycles. The number of para-hydroxylation sites is 1. The number of hydrogen-bond donors (Lipinski definition) is 2. The number of nitrogens with one attached hydrogen (secondary N) is 2. The average Bonchev–Trinajstić information content (AvgIpc) is 3.04. The zero-order valence-corrected chi connectivity index (χ0v) is 13.7. The first-order chi connectivity index (χ1) is 11.2. The lowest BCUT2D eigenvalue weighted by Gasteiger charge is -2.10. The lowest BCUT2D eigenvalue weighted by molar-refractivity contribution is -0.115. The second-order valence-electron chi connectivity index (χ2n) is 5.32. The van der Waals surface area contributed by atoms with Gasteiger partial charge in [0.2, 0.25) is 5.91 Å². The Bertz CT molecular complexity index is 779. The van der Waals surface area contributed by atoms with Crippen molar-refractivity contribution in [1.29, 1.82) is 0 Å². The fourth-order valence-electron chi connectivity index (χ4n) is 2.28. The van der Waals surface area contributed by atoms with Gasteiger partial charge in [-0.15, -0.1) is 11.3 Å².